The largest absolute Gasteiger partial charge is 0.347 e. The Morgan fingerprint density at radius 2 is 1.96 bits per heavy atom. The van der Waals surface area contributed by atoms with Crippen LogP contribution < -0.4 is 10.6 Å². The number of benzene rings is 1. The number of nitrogens with one attached hydrogen (secondary N) is 2. The van der Waals surface area contributed by atoms with Crippen LogP contribution in [0.1, 0.15) is 17.8 Å². The highest BCUT2D eigenvalue weighted by atomic mass is 79.9. The molecule has 0 aliphatic rings. The number of hydrogen-bond acceptors (Lipinski definition) is 3. The van der Waals surface area contributed by atoms with Gasteiger partial charge in [-0.15, -0.1) is 0 Å². The van der Waals surface area contributed by atoms with E-state index in [-0.39, 0.29) is 24.8 Å². The number of amides is 2. The summed E-state index contributed by atoms with van der Waals surface area (Å²) in [6, 6.07) is 9.27. The van der Waals surface area contributed by atoms with Crippen LogP contribution in [-0.2, 0) is 16.1 Å². The number of aryl methyl sites for hydroxylation is 3. The molecule has 0 atom stereocenters. The van der Waals surface area contributed by atoms with Crippen molar-refractivity contribution in [2.24, 2.45) is 0 Å². The van der Waals surface area contributed by atoms with Crippen LogP contribution in [0.15, 0.2) is 34.8 Å². The van der Waals surface area contributed by atoms with Crippen molar-refractivity contribution in [2.75, 3.05) is 11.9 Å². The number of para-hydroxylation sites is 1. The molecule has 1 heterocycles. The zero-order valence-electron chi connectivity index (χ0n) is 13.1. The van der Waals surface area contributed by atoms with Crippen molar-refractivity contribution in [3.8, 4) is 0 Å². The molecule has 122 valence electrons. The van der Waals surface area contributed by atoms with E-state index in [4.69, 9.17) is 0 Å². The Morgan fingerprint density at radius 1 is 1.22 bits per heavy atom. The summed E-state index contributed by atoms with van der Waals surface area (Å²) in [6.07, 6.45) is 0.282. The first kappa shape index (κ1) is 17.2. The van der Waals surface area contributed by atoms with Crippen LogP contribution in [0.4, 0.5) is 5.69 Å². The Labute approximate surface area is 143 Å². The van der Waals surface area contributed by atoms with Crippen molar-refractivity contribution in [1.82, 2.24) is 15.1 Å². The molecule has 0 saturated carbocycles. The Balaban J connectivity index is 1.75. The predicted octanol–water partition coefficient (Wildman–Crippen LogP) is 2.41. The summed E-state index contributed by atoms with van der Waals surface area (Å²) >= 11 is 3.35. The highest BCUT2D eigenvalue weighted by molar-refractivity contribution is 9.10. The minimum absolute atomic E-state index is 0.0582. The number of carbonyl (C=O) groups is 2. The third-order valence-electron chi connectivity index (χ3n) is 3.25. The summed E-state index contributed by atoms with van der Waals surface area (Å²) in [5, 5.41) is 9.64. The monoisotopic (exact) mass is 378 g/mol. The summed E-state index contributed by atoms with van der Waals surface area (Å²) in [7, 11) is 0. The van der Waals surface area contributed by atoms with Crippen LogP contribution >= 0.6 is 15.9 Å². The third kappa shape index (κ3) is 5.21. The van der Waals surface area contributed by atoms with Gasteiger partial charge in [-0.1, -0.05) is 12.1 Å². The number of aromatic nitrogens is 2. The summed E-state index contributed by atoms with van der Waals surface area (Å²) in [4.78, 5) is 23.7. The van der Waals surface area contributed by atoms with Gasteiger partial charge in [-0.25, -0.2) is 0 Å². The quantitative estimate of drug-likeness (QED) is 0.810. The average Bonchev–Trinajstić information content (AvgIpc) is 2.83. The molecule has 1 aromatic carbocycles. The lowest BCUT2D eigenvalue weighted by molar-refractivity contribution is -0.124. The van der Waals surface area contributed by atoms with Crippen LogP contribution in [0.3, 0.4) is 0 Å². The highest BCUT2D eigenvalue weighted by Gasteiger charge is 2.09. The minimum Gasteiger partial charge on any atom is -0.347 e. The van der Waals surface area contributed by atoms with Crippen LogP contribution in [-0.4, -0.2) is 28.1 Å². The fourth-order valence-corrected chi connectivity index (χ4v) is 2.52. The van der Waals surface area contributed by atoms with Crippen LogP contribution in [0, 0.1) is 13.8 Å². The van der Waals surface area contributed by atoms with Gasteiger partial charge in [0, 0.05) is 23.1 Å². The second kappa shape index (κ2) is 7.92. The number of halogens is 1. The summed E-state index contributed by atoms with van der Waals surface area (Å²) in [5.41, 5.74) is 2.62. The molecule has 1 aromatic heterocycles. The van der Waals surface area contributed by atoms with E-state index in [0.29, 0.717) is 12.2 Å². The van der Waals surface area contributed by atoms with Crippen molar-refractivity contribution in [3.05, 3.63) is 46.2 Å². The second-order valence-electron chi connectivity index (χ2n) is 5.20. The van der Waals surface area contributed by atoms with Gasteiger partial charge >= 0.3 is 0 Å². The first-order valence-electron chi connectivity index (χ1n) is 7.28. The molecule has 0 unspecified atom stereocenters. The van der Waals surface area contributed by atoms with Crippen molar-refractivity contribution in [3.63, 3.8) is 0 Å². The van der Waals surface area contributed by atoms with E-state index in [1.807, 2.05) is 38.1 Å². The van der Waals surface area contributed by atoms with E-state index in [9.17, 15) is 9.59 Å². The van der Waals surface area contributed by atoms with Gasteiger partial charge in [-0.3, -0.25) is 14.3 Å². The Kier molecular flexibility index (Phi) is 5.92. The van der Waals surface area contributed by atoms with Gasteiger partial charge in [0.15, 0.2) is 0 Å². The van der Waals surface area contributed by atoms with E-state index in [1.165, 1.54) is 0 Å². The van der Waals surface area contributed by atoms with Crippen LogP contribution in [0.5, 0.6) is 0 Å². The number of rotatable bonds is 6. The highest BCUT2D eigenvalue weighted by Crippen LogP contribution is 2.20. The lowest BCUT2D eigenvalue weighted by atomic mass is 10.3. The van der Waals surface area contributed by atoms with Gasteiger partial charge in [-0.05, 0) is 48.0 Å². The number of hydrogen-bond donors (Lipinski definition) is 2. The smallest absolute Gasteiger partial charge is 0.243 e. The molecule has 2 amide bonds. The molecule has 7 heteroatoms. The maximum atomic E-state index is 11.8. The summed E-state index contributed by atoms with van der Waals surface area (Å²) < 4.78 is 2.58. The lowest BCUT2D eigenvalue weighted by Gasteiger charge is -2.09. The lowest BCUT2D eigenvalue weighted by Crippen LogP contribution is -2.33. The molecule has 0 aliphatic heterocycles. The van der Waals surface area contributed by atoms with Gasteiger partial charge in [-0.2, -0.15) is 5.10 Å². The molecule has 0 saturated heterocycles. The maximum absolute atomic E-state index is 11.8. The first-order chi connectivity index (χ1) is 11.0. The van der Waals surface area contributed by atoms with Gasteiger partial charge in [0.05, 0.1) is 17.9 Å². The number of anilines is 1. The summed E-state index contributed by atoms with van der Waals surface area (Å²) in [5.74, 6) is -0.448. The van der Waals surface area contributed by atoms with Crippen molar-refractivity contribution in [2.45, 2.75) is 26.8 Å². The van der Waals surface area contributed by atoms with E-state index in [2.05, 4.69) is 31.7 Å². The second-order valence-corrected chi connectivity index (χ2v) is 6.06. The molecule has 0 fully saturated rings. The van der Waals surface area contributed by atoms with Gasteiger partial charge in [0.2, 0.25) is 11.8 Å². The molecule has 2 N–H and O–H groups in total. The van der Waals surface area contributed by atoms with Gasteiger partial charge in [0.1, 0.15) is 0 Å². The van der Waals surface area contributed by atoms with Crippen molar-refractivity contribution >= 4 is 33.4 Å². The number of nitrogens with zero attached hydrogens (tertiary/aromatic N) is 2. The predicted molar refractivity (Wildman–Crippen MR) is 92.1 cm³/mol. The molecule has 6 nitrogen and oxygen atoms in total. The topological polar surface area (TPSA) is 76.0 Å². The molecule has 0 spiro atoms. The van der Waals surface area contributed by atoms with Crippen molar-refractivity contribution in [1.29, 1.82) is 0 Å². The van der Waals surface area contributed by atoms with E-state index in [0.717, 1.165) is 15.9 Å². The van der Waals surface area contributed by atoms with E-state index >= 15 is 0 Å². The van der Waals surface area contributed by atoms with Crippen molar-refractivity contribution < 1.29 is 9.59 Å². The number of carbonyl (C=O) groups excluding carboxylic acids is 2. The third-order valence-corrected chi connectivity index (χ3v) is 3.94. The fraction of sp³-hybridized carbons (Fsp3) is 0.312. The fourth-order valence-electron chi connectivity index (χ4n) is 2.13. The van der Waals surface area contributed by atoms with E-state index in [1.54, 1.807) is 10.7 Å². The normalized spacial score (nSPS) is 10.4. The zero-order valence-corrected chi connectivity index (χ0v) is 14.7. The van der Waals surface area contributed by atoms with Gasteiger partial charge in [0.25, 0.3) is 0 Å². The molecule has 0 aliphatic carbocycles. The Morgan fingerprint density at radius 3 is 2.61 bits per heavy atom. The molecule has 0 radical (unpaired) electrons. The van der Waals surface area contributed by atoms with Crippen LogP contribution in [0.2, 0.25) is 0 Å². The standard InChI is InChI=1S/C16H19BrN4O2/c1-11-9-12(2)21(20-11)8-7-15(22)18-10-16(23)19-14-6-4-3-5-13(14)17/h3-6,9H,7-8,10H2,1-2H3,(H,18,22)(H,19,23). The molecule has 0 bridgehead atoms. The molecule has 23 heavy (non-hydrogen) atoms. The minimum atomic E-state index is -0.267. The molecular formula is C16H19BrN4O2. The molecule has 2 rings (SSSR count). The maximum Gasteiger partial charge on any atom is 0.243 e. The molecular weight excluding hydrogens is 360 g/mol. The van der Waals surface area contributed by atoms with Crippen LogP contribution in [0.25, 0.3) is 0 Å². The zero-order chi connectivity index (χ0) is 16.8. The Hall–Kier alpha value is -2.15. The van der Waals surface area contributed by atoms with E-state index < -0.39 is 0 Å². The SMILES string of the molecule is Cc1cc(C)n(CCC(=O)NCC(=O)Nc2ccccc2Br)n1. The Bertz CT molecular complexity index is 712. The molecule has 2 aromatic rings. The average molecular weight is 379 g/mol. The summed E-state index contributed by atoms with van der Waals surface area (Å²) in [6.45, 7) is 4.30. The first-order valence-corrected chi connectivity index (χ1v) is 8.07. The van der Waals surface area contributed by atoms with Gasteiger partial charge < -0.3 is 10.6 Å².